The van der Waals surface area contributed by atoms with E-state index >= 15 is 0 Å². The van der Waals surface area contributed by atoms with Gasteiger partial charge in [-0.25, -0.2) is 4.79 Å². The monoisotopic (exact) mass is 362 g/mol. The molecule has 1 aromatic carbocycles. The van der Waals surface area contributed by atoms with Crippen LogP contribution in [-0.2, 0) is 19.1 Å². The SMILES string of the molecule is COCC(=O)N(c1ccccc1)C(C(=O)OC(C)(C)C)C1CCCNC1. The molecule has 1 aromatic rings. The molecule has 2 unspecified atom stereocenters. The third-order valence-corrected chi connectivity index (χ3v) is 4.28. The first-order chi connectivity index (χ1) is 12.3. The van der Waals surface area contributed by atoms with Crippen molar-refractivity contribution in [3.05, 3.63) is 30.3 Å². The molecule has 1 fully saturated rings. The highest BCUT2D eigenvalue weighted by molar-refractivity contribution is 6.00. The number of hydrogen-bond acceptors (Lipinski definition) is 5. The van der Waals surface area contributed by atoms with Gasteiger partial charge in [-0.15, -0.1) is 0 Å². The van der Waals surface area contributed by atoms with Gasteiger partial charge in [0.1, 0.15) is 18.2 Å². The van der Waals surface area contributed by atoms with Crippen LogP contribution in [0.4, 0.5) is 5.69 Å². The van der Waals surface area contributed by atoms with Crippen LogP contribution in [0, 0.1) is 5.92 Å². The number of nitrogens with zero attached hydrogens (tertiary/aromatic N) is 1. The Hall–Kier alpha value is -1.92. The molecule has 1 aliphatic heterocycles. The summed E-state index contributed by atoms with van der Waals surface area (Å²) >= 11 is 0. The van der Waals surface area contributed by atoms with Gasteiger partial charge in [-0.1, -0.05) is 18.2 Å². The standard InChI is InChI=1S/C20H30N2O4/c1-20(2,3)26-19(24)18(15-9-8-12-21-13-15)22(17(23)14-25-4)16-10-6-5-7-11-16/h5-7,10-11,15,18,21H,8-9,12-14H2,1-4H3. The van der Waals surface area contributed by atoms with Crippen molar-refractivity contribution in [2.75, 3.05) is 31.7 Å². The molecule has 6 nitrogen and oxygen atoms in total. The lowest BCUT2D eigenvalue weighted by Crippen LogP contribution is -2.55. The van der Waals surface area contributed by atoms with Crippen LogP contribution in [0.15, 0.2) is 30.3 Å². The zero-order chi connectivity index (χ0) is 19.2. The number of amides is 1. The van der Waals surface area contributed by atoms with Gasteiger partial charge < -0.3 is 14.8 Å². The van der Waals surface area contributed by atoms with E-state index in [0.717, 1.165) is 19.4 Å². The highest BCUT2D eigenvalue weighted by atomic mass is 16.6. The van der Waals surface area contributed by atoms with Crippen molar-refractivity contribution in [3.8, 4) is 0 Å². The molecule has 1 N–H and O–H groups in total. The van der Waals surface area contributed by atoms with Crippen LogP contribution < -0.4 is 10.2 Å². The maximum Gasteiger partial charge on any atom is 0.330 e. The molecule has 0 aromatic heterocycles. The third-order valence-electron chi connectivity index (χ3n) is 4.28. The molecule has 2 rings (SSSR count). The minimum atomic E-state index is -0.688. The molecular formula is C20H30N2O4. The predicted octanol–water partition coefficient (Wildman–Crippen LogP) is 2.38. The first-order valence-corrected chi connectivity index (χ1v) is 9.13. The second kappa shape index (κ2) is 9.14. The van der Waals surface area contributed by atoms with Crippen LogP contribution in [-0.4, -0.2) is 50.3 Å². The van der Waals surface area contributed by atoms with Crippen molar-refractivity contribution in [2.24, 2.45) is 5.92 Å². The Labute approximate surface area is 155 Å². The third kappa shape index (κ3) is 5.54. The van der Waals surface area contributed by atoms with Gasteiger partial charge in [0.25, 0.3) is 5.91 Å². The fraction of sp³-hybridized carbons (Fsp3) is 0.600. The smallest absolute Gasteiger partial charge is 0.330 e. The molecule has 0 radical (unpaired) electrons. The van der Waals surface area contributed by atoms with Crippen molar-refractivity contribution >= 4 is 17.6 Å². The average Bonchev–Trinajstić information content (AvgIpc) is 2.59. The molecular weight excluding hydrogens is 332 g/mol. The van der Waals surface area contributed by atoms with Gasteiger partial charge in [0.2, 0.25) is 0 Å². The van der Waals surface area contributed by atoms with E-state index in [0.29, 0.717) is 12.2 Å². The van der Waals surface area contributed by atoms with Crippen LogP contribution in [0.1, 0.15) is 33.6 Å². The summed E-state index contributed by atoms with van der Waals surface area (Å²) in [7, 11) is 1.48. The lowest BCUT2D eigenvalue weighted by Gasteiger charge is -2.38. The van der Waals surface area contributed by atoms with Gasteiger partial charge in [0.15, 0.2) is 0 Å². The number of nitrogens with one attached hydrogen (secondary N) is 1. The van der Waals surface area contributed by atoms with Crippen molar-refractivity contribution in [1.82, 2.24) is 5.32 Å². The molecule has 1 aliphatic rings. The highest BCUT2D eigenvalue weighted by Crippen LogP contribution is 2.27. The van der Waals surface area contributed by atoms with Gasteiger partial charge in [0.05, 0.1) is 0 Å². The molecule has 1 amide bonds. The van der Waals surface area contributed by atoms with Gasteiger partial charge in [-0.05, 0) is 52.3 Å². The van der Waals surface area contributed by atoms with E-state index in [9.17, 15) is 9.59 Å². The molecule has 0 bridgehead atoms. The summed E-state index contributed by atoms with van der Waals surface area (Å²) in [5.74, 6) is -0.640. The number of carbonyl (C=O) groups excluding carboxylic acids is 2. The number of methoxy groups -OCH3 is 1. The Bertz CT molecular complexity index is 592. The summed E-state index contributed by atoms with van der Waals surface area (Å²) in [6, 6.07) is 8.57. The number of hydrogen-bond donors (Lipinski definition) is 1. The highest BCUT2D eigenvalue weighted by Gasteiger charge is 2.40. The van der Waals surface area contributed by atoms with E-state index < -0.39 is 11.6 Å². The molecule has 2 atom stereocenters. The first kappa shape index (κ1) is 20.4. The minimum Gasteiger partial charge on any atom is -0.458 e. The lowest BCUT2D eigenvalue weighted by atomic mass is 9.89. The van der Waals surface area contributed by atoms with E-state index in [-0.39, 0.29) is 24.4 Å². The summed E-state index contributed by atoms with van der Waals surface area (Å²) in [5, 5.41) is 3.33. The summed E-state index contributed by atoms with van der Waals surface area (Å²) in [4.78, 5) is 27.5. The van der Waals surface area contributed by atoms with Crippen LogP contribution in [0.5, 0.6) is 0 Å². The maximum absolute atomic E-state index is 13.1. The zero-order valence-corrected chi connectivity index (χ0v) is 16.2. The topological polar surface area (TPSA) is 67.9 Å². The quantitative estimate of drug-likeness (QED) is 0.787. The largest absolute Gasteiger partial charge is 0.458 e. The zero-order valence-electron chi connectivity index (χ0n) is 16.2. The van der Waals surface area contributed by atoms with E-state index in [1.165, 1.54) is 7.11 Å². The van der Waals surface area contributed by atoms with E-state index in [1.54, 1.807) is 4.90 Å². The van der Waals surface area contributed by atoms with Crippen molar-refractivity contribution in [1.29, 1.82) is 0 Å². The second-order valence-corrected chi connectivity index (χ2v) is 7.62. The Morgan fingerprint density at radius 2 is 1.96 bits per heavy atom. The van der Waals surface area contributed by atoms with Gasteiger partial charge in [-0.3, -0.25) is 9.69 Å². The Morgan fingerprint density at radius 3 is 2.50 bits per heavy atom. The number of carbonyl (C=O) groups is 2. The van der Waals surface area contributed by atoms with E-state index in [4.69, 9.17) is 9.47 Å². The average molecular weight is 362 g/mol. The Kier molecular flexibility index (Phi) is 7.17. The molecule has 1 heterocycles. The molecule has 0 aliphatic carbocycles. The fourth-order valence-corrected chi connectivity index (χ4v) is 3.26. The van der Waals surface area contributed by atoms with Gasteiger partial charge >= 0.3 is 5.97 Å². The number of ether oxygens (including phenoxy) is 2. The molecule has 0 saturated carbocycles. The molecule has 0 spiro atoms. The van der Waals surface area contributed by atoms with Crippen LogP contribution in [0.3, 0.4) is 0 Å². The van der Waals surface area contributed by atoms with Crippen LogP contribution >= 0.6 is 0 Å². The fourth-order valence-electron chi connectivity index (χ4n) is 3.26. The number of para-hydroxylation sites is 1. The van der Waals surface area contributed by atoms with E-state index in [2.05, 4.69) is 5.32 Å². The normalized spacial score (nSPS) is 18.8. The van der Waals surface area contributed by atoms with Crippen LogP contribution in [0.2, 0.25) is 0 Å². The molecule has 1 saturated heterocycles. The number of esters is 1. The molecule has 6 heteroatoms. The van der Waals surface area contributed by atoms with Gasteiger partial charge in [-0.2, -0.15) is 0 Å². The van der Waals surface area contributed by atoms with Crippen molar-refractivity contribution in [3.63, 3.8) is 0 Å². The van der Waals surface area contributed by atoms with Crippen molar-refractivity contribution in [2.45, 2.75) is 45.3 Å². The van der Waals surface area contributed by atoms with Gasteiger partial charge in [0, 0.05) is 25.3 Å². The Morgan fingerprint density at radius 1 is 1.27 bits per heavy atom. The molecule has 26 heavy (non-hydrogen) atoms. The second-order valence-electron chi connectivity index (χ2n) is 7.62. The maximum atomic E-state index is 13.1. The summed E-state index contributed by atoms with van der Waals surface area (Å²) in [6.45, 7) is 7.03. The van der Waals surface area contributed by atoms with E-state index in [1.807, 2.05) is 51.1 Å². The van der Waals surface area contributed by atoms with Crippen molar-refractivity contribution < 1.29 is 19.1 Å². The molecule has 144 valence electrons. The summed E-state index contributed by atoms with van der Waals surface area (Å²) in [6.07, 6.45) is 1.82. The number of rotatable bonds is 6. The first-order valence-electron chi connectivity index (χ1n) is 9.13. The summed E-state index contributed by atoms with van der Waals surface area (Å²) < 4.78 is 10.7. The number of piperidine rings is 1. The number of benzene rings is 1. The lowest BCUT2D eigenvalue weighted by molar-refractivity contribution is -0.159. The number of anilines is 1. The van der Waals surface area contributed by atoms with Crippen LogP contribution in [0.25, 0.3) is 0 Å². The predicted molar refractivity (Wildman–Crippen MR) is 101 cm³/mol. The summed E-state index contributed by atoms with van der Waals surface area (Å²) in [5.41, 5.74) is 0.0559. The minimum absolute atomic E-state index is 0.0142. The Balaban J connectivity index is 2.42.